The SMILES string of the molecule is CC1CCCN(c2ccc(CNC(=O)C3CC(c4ccncc4)NN3)cc2)C1. The van der Waals surface area contributed by atoms with Crippen LogP contribution >= 0.6 is 0 Å². The van der Waals surface area contributed by atoms with Crippen molar-refractivity contribution in [3.63, 3.8) is 0 Å². The first-order valence-electron chi connectivity index (χ1n) is 10.2. The number of hydrazine groups is 1. The Labute approximate surface area is 166 Å². The molecule has 1 amide bonds. The fourth-order valence-corrected chi connectivity index (χ4v) is 4.10. The Morgan fingerprint density at radius 2 is 1.96 bits per heavy atom. The first kappa shape index (κ1) is 18.9. The first-order valence-corrected chi connectivity index (χ1v) is 10.2. The second-order valence-electron chi connectivity index (χ2n) is 7.99. The Morgan fingerprint density at radius 3 is 2.71 bits per heavy atom. The van der Waals surface area contributed by atoms with Gasteiger partial charge in [-0.05, 0) is 60.6 Å². The molecule has 28 heavy (non-hydrogen) atoms. The monoisotopic (exact) mass is 379 g/mol. The van der Waals surface area contributed by atoms with E-state index in [1.807, 2.05) is 12.1 Å². The summed E-state index contributed by atoms with van der Waals surface area (Å²) in [6.45, 7) is 5.14. The highest BCUT2D eigenvalue weighted by Crippen LogP contribution is 2.24. The van der Waals surface area contributed by atoms with Gasteiger partial charge in [-0.3, -0.25) is 9.78 Å². The highest BCUT2D eigenvalue weighted by Gasteiger charge is 2.29. The number of carbonyl (C=O) groups excluding carboxylic acids is 1. The van der Waals surface area contributed by atoms with E-state index in [0.29, 0.717) is 6.54 Å². The molecule has 3 heterocycles. The van der Waals surface area contributed by atoms with Gasteiger partial charge in [0.1, 0.15) is 6.04 Å². The average molecular weight is 380 g/mol. The molecule has 2 saturated heterocycles. The summed E-state index contributed by atoms with van der Waals surface area (Å²) in [7, 11) is 0. The van der Waals surface area contributed by atoms with E-state index in [4.69, 9.17) is 0 Å². The van der Waals surface area contributed by atoms with Crippen molar-refractivity contribution < 1.29 is 4.79 Å². The zero-order chi connectivity index (χ0) is 19.3. The van der Waals surface area contributed by atoms with Crippen LogP contribution in [0.5, 0.6) is 0 Å². The van der Waals surface area contributed by atoms with Gasteiger partial charge in [-0.25, -0.2) is 10.9 Å². The maximum absolute atomic E-state index is 12.5. The maximum atomic E-state index is 12.5. The molecule has 0 spiro atoms. The van der Waals surface area contributed by atoms with Gasteiger partial charge in [-0.15, -0.1) is 0 Å². The number of piperidine rings is 1. The van der Waals surface area contributed by atoms with Crippen molar-refractivity contribution in [3.05, 3.63) is 59.9 Å². The van der Waals surface area contributed by atoms with Gasteiger partial charge in [0.15, 0.2) is 0 Å². The lowest BCUT2D eigenvalue weighted by atomic mass is 9.99. The molecule has 2 aliphatic heterocycles. The lowest BCUT2D eigenvalue weighted by Crippen LogP contribution is -2.42. The third-order valence-electron chi connectivity index (χ3n) is 5.75. The summed E-state index contributed by atoms with van der Waals surface area (Å²) in [5.41, 5.74) is 9.86. The van der Waals surface area contributed by atoms with Gasteiger partial charge in [0.25, 0.3) is 0 Å². The van der Waals surface area contributed by atoms with E-state index >= 15 is 0 Å². The number of hydrogen-bond donors (Lipinski definition) is 3. The van der Waals surface area contributed by atoms with E-state index in [2.05, 4.69) is 57.2 Å². The van der Waals surface area contributed by atoms with Crippen LogP contribution < -0.4 is 21.1 Å². The molecule has 4 rings (SSSR count). The van der Waals surface area contributed by atoms with Crippen molar-refractivity contribution in [1.29, 1.82) is 0 Å². The Morgan fingerprint density at radius 1 is 1.18 bits per heavy atom. The quantitative estimate of drug-likeness (QED) is 0.745. The third kappa shape index (κ3) is 4.51. The van der Waals surface area contributed by atoms with Crippen molar-refractivity contribution in [2.75, 3.05) is 18.0 Å². The normalized spacial score (nSPS) is 24.9. The number of nitrogens with zero attached hydrogens (tertiary/aromatic N) is 2. The summed E-state index contributed by atoms with van der Waals surface area (Å²) < 4.78 is 0. The summed E-state index contributed by atoms with van der Waals surface area (Å²) in [5.74, 6) is 0.786. The standard InChI is InChI=1S/C22H29N5O/c1-16-3-2-12-27(15-16)19-6-4-17(5-7-19)14-24-22(28)21-13-20(25-26-21)18-8-10-23-11-9-18/h4-11,16,20-21,25-26H,2-3,12-15H2,1H3,(H,24,28). The van der Waals surface area contributed by atoms with E-state index in [9.17, 15) is 4.79 Å². The van der Waals surface area contributed by atoms with Gasteiger partial charge >= 0.3 is 0 Å². The van der Waals surface area contributed by atoms with Crippen LogP contribution in [-0.2, 0) is 11.3 Å². The van der Waals surface area contributed by atoms with Crippen LogP contribution in [0.15, 0.2) is 48.8 Å². The second kappa shape index (κ2) is 8.71. The minimum Gasteiger partial charge on any atom is -0.371 e. The molecule has 0 saturated carbocycles. The summed E-state index contributed by atoms with van der Waals surface area (Å²) in [6, 6.07) is 12.4. The molecule has 3 N–H and O–H groups in total. The predicted octanol–water partition coefficient (Wildman–Crippen LogP) is 2.54. The molecule has 0 bridgehead atoms. The molecule has 6 heteroatoms. The molecular formula is C22H29N5O. The topological polar surface area (TPSA) is 69.3 Å². The summed E-state index contributed by atoms with van der Waals surface area (Å²) >= 11 is 0. The van der Waals surface area contributed by atoms with Crippen LogP contribution in [0.1, 0.15) is 43.4 Å². The van der Waals surface area contributed by atoms with E-state index in [0.717, 1.165) is 36.6 Å². The number of pyridine rings is 1. The maximum Gasteiger partial charge on any atom is 0.238 e. The molecule has 2 aromatic rings. The van der Waals surface area contributed by atoms with Crippen molar-refractivity contribution in [2.45, 2.75) is 44.8 Å². The number of rotatable bonds is 5. The van der Waals surface area contributed by atoms with Crippen LogP contribution in [0, 0.1) is 5.92 Å². The Kier molecular flexibility index (Phi) is 5.88. The number of benzene rings is 1. The van der Waals surface area contributed by atoms with Gasteiger partial charge < -0.3 is 10.2 Å². The number of aromatic nitrogens is 1. The lowest BCUT2D eigenvalue weighted by Gasteiger charge is -2.32. The Hall–Kier alpha value is -2.44. The summed E-state index contributed by atoms with van der Waals surface area (Å²) in [5, 5.41) is 3.05. The van der Waals surface area contributed by atoms with E-state index in [1.165, 1.54) is 18.5 Å². The number of hydrogen-bond acceptors (Lipinski definition) is 5. The summed E-state index contributed by atoms with van der Waals surface area (Å²) in [6.07, 6.45) is 6.87. The van der Waals surface area contributed by atoms with Crippen LogP contribution in [0.25, 0.3) is 0 Å². The van der Waals surface area contributed by atoms with Crippen LogP contribution in [0.4, 0.5) is 5.69 Å². The van der Waals surface area contributed by atoms with Gasteiger partial charge in [-0.1, -0.05) is 19.1 Å². The average Bonchev–Trinajstić information content (AvgIpc) is 3.23. The zero-order valence-corrected chi connectivity index (χ0v) is 16.4. The number of amides is 1. The van der Waals surface area contributed by atoms with Gasteiger partial charge in [-0.2, -0.15) is 0 Å². The highest BCUT2D eigenvalue weighted by atomic mass is 16.2. The van der Waals surface area contributed by atoms with Crippen molar-refractivity contribution in [1.82, 2.24) is 21.2 Å². The van der Waals surface area contributed by atoms with Crippen molar-refractivity contribution in [2.24, 2.45) is 5.92 Å². The fraction of sp³-hybridized carbons (Fsp3) is 0.455. The number of carbonyl (C=O) groups is 1. The van der Waals surface area contributed by atoms with Crippen LogP contribution in [-0.4, -0.2) is 30.0 Å². The molecule has 3 unspecified atom stereocenters. The number of anilines is 1. The number of nitrogens with one attached hydrogen (secondary N) is 3. The summed E-state index contributed by atoms with van der Waals surface area (Å²) in [4.78, 5) is 19.0. The van der Waals surface area contributed by atoms with E-state index in [-0.39, 0.29) is 18.0 Å². The van der Waals surface area contributed by atoms with Gasteiger partial charge in [0, 0.05) is 43.8 Å². The molecular weight excluding hydrogens is 350 g/mol. The Balaban J connectivity index is 1.27. The first-order chi connectivity index (χ1) is 13.7. The molecule has 1 aromatic heterocycles. The molecule has 6 nitrogen and oxygen atoms in total. The smallest absolute Gasteiger partial charge is 0.238 e. The molecule has 1 aromatic carbocycles. The van der Waals surface area contributed by atoms with Crippen LogP contribution in [0.3, 0.4) is 0 Å². The van der Waals surface area contributed by atoms with Crippen molar-refractivity contribution >= 4 is 11.6 Å². The molecule has 2 aliphatic rings. The molecule has 3 atom stereocenters. The lowest BCUT2D eigenvalue weighted by molar-refractivity contribution is -0.123. The predicted molar refractivity (Wildman–Crippen MR) is 111 cm³/mol. The third-order valence-corrected chi connectivity index (χ3v) is 5.75. The van der Waals surface area contributed by atoms with Gasteiger partial charge in [0.2, 0.25) is 5.91 Å². The molecule has 0 aliphatic carbocycles. The minimum atomic E-state index is -0.229. The zero-order valence-electron chi connectivity index (χ0n) is 16.4. The minimum absolute atomic E-state index is 0.0259. The second-order valence-corrected chi connectivity index (χ2v) is 7.99. The fourth-order valence-electron chi connectivity index (χ4n) is 4.10. The van der Waals surface area contributed by atoms with E-state index in [1.54, 1.807) is 12.4 Å². The van der Waals surface area contributed by atoms with Crippen molar-refractivity contribution in [3.8, 4) is 0 Å². The molecule has 148 valence electrons. The molecule has 0 radical (unpaired) electrons. The van der Waals surface area contributed by atoms with E-state index < -0.39 is 0 Å². The highest BCUT2D eigenvalue weighted by molar-refractivity contribution is 5.82. The molecule has 2 fully saturated rings. The van der Waals surface area contributed by atoms with Gasteiger partial charge in [0.05, 0.1) is 0 Å². The largest absolute Gasteiger partial charge is 0.371 e. The van der Waals surface area contributed by atoms with Crippen LogP contribution in [0.2, 0.25) is 0 Å². The Bertz CT molecular complexity index is 779.